The highest BCUT2D eigenvalue weighted by Crippen LogP contribution is 2.29. The third-order valence-corrected chi connectivity index (χ3v) is 7.64. The molecule has 0 radical (unpaired) electrons. The molecule has 3 N–H and O–H groups in total. The van der Waals surface area contributed by atoms with Crippen LogP contribution in [0, 0.1) is 0 Å². The van der Waals surface area contributed by atoms with Gasteiger partial charge in [0.15, 0.2) is 0 Å². The Morgan fingerprint density at radius 3 is 2.80 bits per heavy atom. The van der Waals surface area contributed by atoms with Crippen LogP contribution in [0.3, 0.4) is 0 Å². The van der Waals surface area contributed by atoms with Gasteiger partial charge in [0.05, 0.1) is 34.3 Å². The van der Waals surface area contributed by atoms with E-state index in [2.05, 4.69) is 15.4 Å². The number of carbonyl (C=O) groups is 1. The number of imidazole rings is 1. The van der Waals surface area contributed by atoms with E-state index >= 15 is 0 Å². The van der Waals surface area contributed by atoms with Crippen molar-refractivity contribution in [2.45, 2.75) is 31.7 Å². The number of amides is 1. The number of ether oxygens (including phenoxy) is 2. The van der Waals surface area contributed by atoms with E-state index in [1.54, 1.807) is 17.1 Å². The van der Waals surface area contributed by atoms with Crippen molar-refractivity contribution in [3.8, 4) is 16.9 Å². The van der Waals surface area contributed by atoms with Crippen LogP contribution in [0.1, 0.15) is 18.4 Å². The summed E-state index contributed by atoms with van der Waals surface area (Å²) in [4.78, 5) is 17.3. The van der Waals surface area contributed by atoms with E-state index in [0.717, 1.165) is 59.4 Å². The predicted octanol–water partition coefficient (Wildman–Crippen LogP) is 3.79. The second kappa shape index (κ2) is 11.2. The van der Waals surface area contributed by atoms with Crippen LogP contribution in [0.2, 0.25) is 0 Å². The number of benzene rings is 2. The number of aromatic nitrogens is 4. The van der Waals surface area contributed by atoms with E-state index in [-0.39, 0.29) is 11.7 Å². The first-order valence-electron chi connectivity index (χ1n) is 13.3. The summed E-state index contributed by atoms with van der Waals surface area (Å²) in [6.45, 7) is 2.23. The molecule has 1 fully saturated rings. The Kier molecular flexibility index (Phi) is 7.29. The Hall–Kier alpha value is -4.12. The molecule has 4 aromatic rings. The quantitative estimate of drug-likeness (QED) is 0.319. The molecule has 0 spiro atoms. The standard InChI is InChI=1S/C30H30N6O3S/c1-35-16-21(15-34-35)20-5-6-27-26(12-20)33-18-36(27)22-13-25(30(31)37)29(40)28(14-22)38-17-19-3-2-4-24(11-19)39-23-7-9-32-10-8-23/h2-6,11-16,18,23,28,32H,7-10,17H2,1H3,(H2,31,37). The molecular weight excluding hydrogens is 524 g/mol. The minimum Gasteiger partial charge on any atom is -0.490 e. The molecule has 0 bridgehead atoms. The van der Waals surface area contributed by atoms with Gasteiger partial charge in [-0.05, 0) is 73.5 Å². The van der Waals surface area contributed by atoms with Gasteiger partial charge in [0, 0.05) is 24.5 Å². The van der Waals surface area contributed by atoms with Gasteiger partial charge < -0.3 is 20.5 Å². The van der Waals surface area contributed by atoms with E-state index in [1.807, 2.05) is 72.5 Å². The molecule has 6 rings (SSSR count). The fourth-order valence-corrected chi connectivity index (χ4v) is 5.38. The maximum atomic E-state index is 12.3. The molecule has 40 heavy (non-hydrogen) atoms. The van der Waals surface area contributed by atoms with Crippen molar-refractivity contribution in [3.05, 3.63) is 84.5 Å². The number of fused-ring (bicyclic) bond motifs is 1. The Labute approximate surface area is 237 Å². The number of aryl methyl sites for hydroxylation is 1. The fraction of sp³-hybridized carbons (Fsp3) is 0.267. The molecule has 1 aliphatic heterocycles. The number of piperidine rings is 1. The largest absolute Gasteiger partial charge is 0.490 e. The van der Waals surface area contributed by atoms with Gasteiger partial charge in [-0.15, -0.1) is 0 Å². The number of allylic oxidation sites excluding steroid dienone is 2. The Bertz CT molecular complexity index is 1650. The number of primary amides is 1. The van der Waals surface area contributed by atoms with Crippen LogP contribution in [0.15, 0.2) is 78.9 Å². The van der Waals surface area contributed by atoms with Crippen molar-refractivity contribution in [1.29, 1.82) is 0 Å². The number of hydrogen-bond donors (Lipinski definition) is 2. The molecule has 10 heteroatoms. The Balaban J connectivity index is 1.24. The van der Waals surface area contributed by atoms with Gasteiger partial charge in [0.2, 0.25) is 5.91 Å². The molecule has 204 valence electrons. The van der Waals surface area contributed by atoms with Crippen LogP contribution in [0.4, 0.5) is 0 Å². The second-order valence-corrected chi connectivity index (χ2v) is 10.5. The highest BCUT2D eigenvalue weighted by atomic mass is 32.1. The molecule has 2 aromatic heterocycles. The summed E-state index contributed by atoms with van der Waals surface area (Å²) in [7, 11) is 1.89. The maximum absolute atomic E-state index is 12.3. The van der Waals surface area contributed by atoms with Crippen LogP contribution in [-0.2, 0) is 23.2 Å². The number of nitrogens with zero attached hydrogens (tertiary/aromatic N) is 4. The summed E-state index contributed by atoms with van der Waals surface area (Å²) < 4.78 is 16.1. The predicted molar refractivity (Wildman–Crippen MR) is 158 cm³/mol. The number of thiocarbonyl (C=S) groups is 1. The molecule has 1 amide bonds. The molecule has 1 aliphatic carbocycles. The Morgan fingerprint density at radius 1 is 1.18 bits per heavy atom. The summed E-state index contributed by atoms with van der Waals surface area (Å²) in [5.41, 5.74) is 11.4. The third kappa shape index (κ3) is 5.46. The number of rotatable bonds is 8. The first kappa shape index (κ1) is 26.1. The first-order chi connectivity index (χ1) is 19.4. The van der Waals surface area contributed by atoms with Gasteiger partial charge in [0.25, 0.3) is 0 Å². The monoisotopic (exact) mass is 554 g/mol. The van der Waals surface area contributed by atoms with Crippen molar-refractivity contribution < 1.29 is 14.3 Å². The van der Waals surface area contributed by atoms with Crippen molar-refractivity contribution in [2.24, 2.45) is 12.8 Å². The van der Waals surface area contributed by atoms with Gasteiger partial charge in [-0.1, -0.05) is 30.4 Å². The first-order valence-corrected chi connectivity index (χ1v) is 13.7. The summed E-state index contributed by atoms with van der Waals surface area (Å²) in [6, 6.07) is 13.9. The van der Waals surface area contributed by atoms with Crippen LogP contribution < -0.4 is 15.8 Å². The van der Waals surface area contributed by atoms with E-state index in [0.29, 0.717) is 17.2 Å². The van der Waals surface area contributed by atoms with Crippen molar-refractivity contribution in [1.82, 2.24) is 24.6 Å². The minimum atomic E-state index is -0.612. The zero-order valence-electron chi connectivity index (χ0n) is 22.1. The van der Waals surface area contributed by atoms with E-state index < -0.39 is 12.0 Å². The van der Waals surface area contributed by atoms with Crippen LogP contribution in [0.25, 0.3) is 27.9 Å². The molecule has 2 aromatic carbocycles. The number of nitrogens with two attached hydrogens (primary N) is 1. The maximum Gasteiger partial charge on any atom is 0.250 e. The highest BCUT2D eigenvalue weighted by Gasteiger charge is 2.27. The van der Waals surface area contributed by atoms with Crippen LogP contribution >= 0.6 is 12.2 Å². The van der Waals surface area contributed by atoms with Crippen LogP contribution in [0.5, 0.6) is 5.75 Å². The SMILES string of the molecule is Cn1cc(-c2ccc3c(c2)ncn3C2=CC(OCc3cccc(OC4CCNCC4)c3)C(=S)C(C(N)=O)=C2)cn1. The third-order valence-electron chi connectivity index (χ3n) is 7.18. The second-order valence-electron chi connectivity index (χ2n) is 10.0. The fourth-order valence-electron chi connectivity index (χ4n) is 5.09. The lowest BCUT2D eigenvalue weighted by Crippen LogP contribution is -2.34. The van der Waals surface area contributed by atoms with E-state index in [1.165, 1.54) is 0 Å². The molecule has 2 aliphatic rings. The summed E-state index contributed by atoms with van der Waals surface area (Å²) in [6.07, 6.45) is 10.7. The number of nitrogens with one attached hydrogen (secondary N) is 1. The van der Waals surface area contributed by atoms with Crippen molar-refractivity contribution in [2.75, 3.05) is 13.1 Å². The molecule has 0 saturated carbocycles. The van der Waals surface area contributed by atoms with Crippen molar-refractivity contribution >= 4 is 39.7 Å². The molecule has 1 unspecified atom stereocenters. The van der Waals surface area contributed by atoms with Gasteiger partial charge in [-0.2, -0.15) is 5.10 Å². The molecule has 3 heterocycles. The lowest BCUT2D eigenvalue weighted by molar-refractivity contribution is -0.114. The zero-order valence-corrected chi connectivity index (χ0v) is 22.9. The van der Waals surface area contributed by atoms with Gasteiger partial charge in [-0.3, -0.25) is 14.0 Å². The molecule has 9 nitrogen and oxygen atoms in total. The number of carbonyl (C=O) groups excluding carboxylic acids is 1. The summed E-state index contributed by atoms with van der Waals surface area (Å²) in [5, 5.41) is 7.61. The van der Waals surface area contributed by atoms with E-state index in [4.69, 9.17) is 27.4 Å². The van der Waals surface area contributed by atoms with Gasteiger partial charge in [0.1, 0.15) is 24.3 Å². The lowest BCUT2D eigenvalue weighted by atomic mass is 9.99. The average Bonchev–Trinajstić information content (AvgIpc) is 3.59. The highest BCUT2D eigenvalue weighted by molar-refractivity contribution is 7.81. The normalized spacial score (nSPS) is 18.0. The molecular formula is C30H30N6O3S. The average molecular weight is 555 g/mol. The zero-order chi connectivity index (χ0) is 27.6. The smallest absolute Gasteiger partial charge is 0.250 e. The Morgan fingerprint density at radius 2 is 2.02 bits per heavy atom. The van der Waals surface area contributed by atoms with Gasteiger partial charge in [-0.25, -0.2) is 4.98 Å². The summed E-state index contributed by atoms with van der Waals surface area (Å²) in [5.74, 6) is 0.230. The van der Waals surface area contributed by atoms with Crippen molar-refractivity contribution in [3.63, 3.8) is 0 Å². The van der Waals surface area contributed by atoms with E-state index in [9.17, 15) is 4.79 Å². The molecule has 1 saturated heterocycles. The molecule has 1 atom stereocenters. The lowest BCUT2D eigenvalue weighted by Gasteiger charge is -2.24. The minimum absolute atomic E-state index is 0.211. The topological polar surface area (TPSA) is 109 Å². The van der Waals surface area contributed by atoms with Gasteiger partial charge >= 0.3 is 0 Å². The van der Waals surface area contributed by atoms with Crippen LogP contribution in [-0.4, -0.2) is 55.4 Å². The summed E-state index contributed by atoms with van der Waals surface area (Å²) >= 11 is 5.62. The number of hydrogen-bond acceptors (Lipinski definition) is 7.